The first-order valence-electron chi connectivity index (χ1n) is 9.23. The average Bonchev–Trinajstić information content (AvgIpc) is 3.27. The molecule has 0 spiro atoms. The Hall–Kier alpha value is -1.83. The summed E-state index contributed by atoms with van der Waals surface area (Å²) < 4.78 is 8.82. The third kappa shape index (κ3) is 3.02. The Kier molecular flexibility index (Phi) is 4.72. The lowest BCUT2D eigenvalue weighted by atomic mass is 9.90. The van der Waals surface area contributed by atoms with E-state index in [1.165, 1.54) is 11.9 Å². The van der Waals surface area contributed by atoms with Crippen molar-refractivity contribution >= 4 is 40.9 Å². The van der Waals surface area contributed by atoms with Crippen LogP contribution < -0.4 is 0 Å². The Balaban J connectivity index is 1.43. The summed E-state index contributed by atoms with van der Waals surface area (Å²) in [4.78, 5) is 13.6. The molecule has 2 aliphatic rings. The molecule has 1 saturated heterocycles. The molecule has 2 heterocycles. The van der Waals surface area contributed by atoms with Crippen molar-refractivity contribution in [2.45, 2.75) is 21.6 Å². The lowest BCUT2D eigenvalue weighted by Gasteiger charge is -2.36. The Morgan fingerprint density at radius 1 is 1.10 bits per heavy atom. The predicted octanol–water partition coefficient (Wildman–Crippen LogP) is 5.53. The standard InChI is InChI=1S/C22H18ClNO3S2/c23-17-8-6-15(7-9-17)18-10-11-19(28-18)29-24-14-27-13-21(12-22(21,24)20(25)26)16-4-2-1-3-5-16/h1-11H,12-14H2,(H,25,26). The molecule has 3 aromatic rings. The highest BCUT2D eigenvalue weighted by atomic mass is 35.5. The number of carbonyl (C=O) groups is 1. The zero-order valence-corrected chi connectivity index (χ0v) is 17.8. The molecule has 2 unspecified atom stereocenters. The molecule has 2 fully saturated rings. The molecule has 4 nitrogen and oxygen atoms in total. The molecule has 1 saturated carbocycles. The number of carboxylic acid groups (broad SMARTS) is 1. The number of aliphatic carboxylic acids is 1. The molecule has 1 aliphatic carbocycles. The van der Waals surface area contributed by atoms with E-state index in [1.54, 1.807) is 11.3 Å². The van der Waals surface area contributed by atoms with Gasteiger partial charge in [0.15, 0.2) is 0 Å². The maximum Gasteiger partial charge on any atom is 0.326 e. The Labute approximate surface area is 182 Å². The van der Waals surface area contributed by atoms with Gasteiger partial charge < -0.3 is 9.84 Å². The highest BCUT2D eigenvalue weighted by Crippen LogP contribution is 2.65. The van der Waals surface area contributed by atoms with Gasteiger partial charge in [0.25, 0.3) is 0 Å². The van der Waals surface area contributed by atoms with Crippen LogP contribution in [0.15, 0.2) is 70.9 Å². The van der Waals surface area contributed by atoms with E-state index in [0.717, 1.165) is 20.2 Å². The lowest BCUT2D eigenvalue weighted by Crippen LogP contribution is -2.51. The van der Waals surface area contributed by atoms with Crippen LogP contribution in [-0.2, 0) is 14.9 Å². The van der Waals surface area contributed by atoms with Gasteiger partial charge in [0, 0.05) is 9.90 Å². The minimum Gasteiger partial charge on any atom is -0.480 e. The first-order chi connectivity index (χ1) is 14.0. The van der Waals surface area contributed by atoms with Gasteiger partial charge in [-0.2, -0.15) is 0 Å². The first kappa shape index (κ1) is 19.2. The predicted molar refractivity (Wildman–Crippen MR) is 116 cm³/mol. The van der Waals surface area contributed by atoms with Crippen molar-refractivity contribution in [3.05, 3.63) is 77.3 Å². The quantitative estimate of drug-likeness (QED) is 0.525. The van der Waals surface area contributed by atoms with Gasteiger partial charge in [-0.3, -0.25) is 4.79 Å². The van der Waals surface area contributed by atoms with E-state index >= 15 is 0 Å². The molecule has 1 N–H and O–H groups in total. The van der Waals surface area contributed by atoms with Crippen molar-refractivity contribution in [2.75, 3.05) is 13.3 Å². The smallest absolute Gasteiger partial charge is 0.326 e. The van der Waals surface area contributed by atoms with Crippen LogP contribution in [0.25, 0.3) is 10.4 Å². The SMILES string of the molecule is O=C(O)C12CC1(c1ccccc1)COCN2Sc1ccc(-c2ccc(Cl)cc2)s1. The summed E-state index contributed by atoms with van der Waals surface area (Å²) >= 11 is 9.10. The van der Waals surface area contributed by atoms with Crippen LogP contribution in [0, 0.1) is 0 Å². The average molecular weight is 444 g/mol. The van der Waals surface area contributed by atoms with Crippen LogP contribution in [0.4, 0.5) is 0 Å². The second-order valence-electron chi connectivity index (χ2n) is 7.36. The Morgan fingerprint density at radius 3 is 2.59 bits per heavy atom. The number of hydrogen-bond acceptors (Lipinski definition) is 5. The van der Waals surface area contributed by atoms with Gasteiger partial charge >= 0.3 is 5.97 Å². The maximum absolute atomic E-state index is 12.4. The summed E-state index contributed by atoms with van der Waals surface area (Å²) in [6.07, 6.45) is 0.557. The fourth-order valence-electron chi connectivity index (χ4n) is 4.22. The van der Waals surface area contributed by atoms with E-state index < -0.39 is 16.9 Å². The van der Waals surface area contributed by atoms with E-state index in [9.17, 15) is 9.90 Å². The minimum atomic E-state index is -0.943. The van der Waals surface area contributed by atoms with E-state index in [-0.39, 0.29) is 0 Å². The summed E-state index contributed by atoms with van der Waals surface area (Å²) in [5.41, 5.74) is 0.684. The zero-order valence-electron chi connectivity index (χ0n) is 15.4. The van der Waals surface area contributed by atoms with Gasteiger partial charge in [-0.25, -0.2) is 4.31 Å². The van der Waals surface area contributed by atoms with Crippen molar-refractivity contribution in [1.29, 1.82) is 0 Å². The number of nitrogens with zero attached hydrogens (tertiary/aromatic N) is 1. The number of fused-ring (bicyclic) bond motifs is 1. The van der Waals surface area contributed by atoms with Crippen molar-refractivity contribution in [3.63, 3.8) is 0 Å². The van der Waals surface area contributed by atoms with Crippen molar-refractivity contribution in [1.82, 2.24) is 4.31 Å². The van der Waals surface area contributed by atoms with Crippen LogP contribution in [-0.4, -0.2) is 34.3 Å². The van der Waals surface area contributed by atoms with Crippen LogP contribution in [0.3, 0.4) is 0 Å². The summed E-state index contributed by atoms with van der Waals surface area (Å²) in [5, 5.41) is 10.9. The number of ether oxygens (including phenoxy) is 1. The van der Waals surface area contributed by atoms with E-state index in [1.807, 2.05) is 65.0 Å². The molecule has 29 heavy (non-hydrogen) atoms. The molecule has 7 heteroatoms. The van der Waals surface area contributed by atoms with Gasteiger partial charge in [-0.05, 0) is 53.8 Å². The van der Waals surface area contributed by atoms with Gasteiger partial charge in [0.05, 0.1) is 16.2 Å². The molecule has 5 rings (SSSR count). The highest BCUT2D eigenvalue weighted by molar-refractivity contribution is 7.99. The second-order valence-corrected chi connectivity index (χ2v) is 10.2. The van der Waals surface area contributed by atoms with E-state index in [2.05, 4.69) is 6.07 Å². The largest absolute Gasteiger partial charge is 0.480 e. The van der Waals surface area contributed by atoms with Crippen molar-refractivity contribution in [2.24, 2.45) is 0 Å². The van der Waals surface area contributed by atoms with Gasteiger partial charge in [-0.1, -0.05) is 54.1 Å². The second kappa shape index (κ2) is 7.15. The molecule has 1 aliphatic heterocycles. The number of benzene rings is 2. The molecule has 148 valence electrons. The number of carboxylic acids is 1. The van der Waals surface area contributed by atoms with Crippen LogP contribution in [0.1, 0.15) is 12.0 Å². The molecule has 2 aromatic carbocycles. The maximum atomic E-state index is 12.4. The topological polar surface area (TPSA) is 49.8 Å². The van der Waals surface area contributed by atoms with Crippen LogP contribution >= 0.6 is 34.9 Å². The summed E-state index contributed by atoms with van der Waals surface area (Å²) in [7, 11) is 0. The Morgan fingerprint density at radius 2 is 1.86 bits per heavy atom. The summed E-state index contributed by atoms with van der Waals surface area (Å²) in [6.45, 7) is 0.723. The Bertz CT molecular complexity index is 1060. The molecule has 0 amide bonds. The van der Waals surface area contributed by atoms with Crippen molar-refractivity contribution in [3.8, 4) is 10.4 Å². The monoisotopic (exact) mass is 443 g/mol. The van der Waals surface area contributed by atoms with Crippen LogP contribution in [0.5, 0.6) is 0 Å². The summed E-state index contributed by atoms with van der Waals surface area (Å²) in [5.74, 6) is -0.786. The highest BCUT2D eigenvalue weighted by Gasteiger charge is 2.78. The number of rotatable bonds is 5. The molecule has 0 bridgehead atoms. The summed E-state index contributed by atoms with van der Waals surface area (Å²) in [6, 6.07) is 21.7. The molecule has 0 radical (unpaired) electrons. The normalized spacial score (nSPS) is 26.1. The van der Waals surface area contributed by atoms with Crippen molar-refractivity contribution < 1.29 is 14.6 Å². The number of thiophene rings is 1. The zero-order chi connectivity index (χ0) is 20.1. The molecular formula is C22H18ClNO3S2. The third-order valence-electron chi connectivity index (χ3n) is 5.80. The van der Waals surface area contributed by atoms with Gasteiger partial charge in [0.1, 0.15) is 12.3 Å². The van der Waals surface area contributed by atoms with Crippen LogP contribution in [0.2, 0.25) is 5.02 Å². The molecule has 2 atom stereocenters. The van der Waals surface area contributed by atoms with Gasteiger partial charge in [0.2, 0.25) is 0 Å². The third-order valence-corrected chi connectivity index (χ3v) is 8.41. The fraction of sp³-hybridized carbons (Fsp3) is 0.227. The number of halogens is 1. The molecular weight excluding hydrogens is 426 g/mol. The van der Waals surface area contributed by atoms with E-state index in [4.69, 9.17) is 16.3 Å². The lowest BCUT2D eigenvalue weighted by molar-refractivity contribution is -0.149. The molecule has 1 aromatic heterocycles. The minimum absolute atomic E-state index is 0.291. The number of hydrogen-bond donors (Lipinski definition) is 1. The van der Waals surface area contributed by atoms with Gasteiger partial charge in [-0.15, -0.1) is 11.3 Å². The van der Waals surface area contributed by atoms with E-state index in [0.29, 0.717) is 24.8 Å². The first-order valence-corrected chi connectivity index (χ1v) is 11.2. The fourth-order valence-corrected chi connectivity index (χ4v) is 6.73.